The summed E-state index contributed by atoms with van der Waals surface area (Å²) in [5.41, 5.74) is 3.11. The van der Waals surface area contributed by atoms with Gasteiger partial charge >= 0.3 is 0 Å². The Morgan fingerprint density at radius 2 is 2.19 bits per heavy atom. The maximum atomic E-state index is 8.72. The third-order valence-corrected chi connectivity index (χ3v) is 4.51. The molecule has 7 nitrogen and oxygen atoms in total. The van der Waals surface area contributed by atoms with Crippen LogP contribution >= 0.6 is 0 Å². The largest absolute Gasteiger partial charge is 0.366 e. The summed E-state index contributed by atoms with van der Waals surface area (Å²) in [6.45, 7) is 3.85. The fourth-order valence-electron chi connectivity index (χ4n) is 2.77. The molecule has 27 heavy (non-hydrogen) atoms. The molecule has 1 heterocycles. The molecule has 0 spiro atoms. The van der Waals surface area contributed by atoms with Crippen LogP contribution in [0.2, 0.25) is 0 Å². The van der Waals surface area contributed by atoms with Crippen LogP contribution in [-0.2, 0) is 6.42 Å². The van der Waals surface area contributed by atoms with E-state index in [0.717, 1.165) is 17.1 Å². The molecule has 1 fully saturated rings. The average molecular weight is 361 g/mol. The predicted octanol–water partition coefficient (Wildman–Crippen LogP) is 3.84. The number of amidine groups is 1. The molecule has 138 valence electrons. The van der Waals surface area contributed by atoms with Crippen LogP contribution in [0.3, 0.4) is 0 Å². The molecule has 1 aromatic carbocycles. The Morgan fingerprint density at radius 3 is 2.85 bits per heavy atom. The number of nitrogens with one attached hydrogen (secondary N) is 3. The number of hydrogen-bond acceptors (Lipinski definition) is 5. The monoisotopic (exact) mass is 361 g/mol. The van der Waals surface area contributed by atoms with Gasteiger partial charge in [0.15, 0.2) is 5.82 Å². The molecule has 0 amide bonds. The van der Waals surface area contributed by atoms with Crippen molar-refractivity contribution >= 4 is 24.1 Å². The number of H-pyrrole nitrogens is 1. The van der Waals surface area contributed by atoms with E-state index in [1.807, 2.05) is 30.3 Å². The Kier molecular flexibility index (Phi) is 6.36. The Hall–Kier alpha value is -3.40. The van der Waals surface area contributed by atoms with E-state index >= 15 is 0 Å². The summed E-state index contributed by atoms with van der Waals surface area (Å²) in [7, 11) is 0. The van der Waals surface area contributed by atoms with Crippen molar-refractivity contribution in [1.82, 2.24) is 10.2 Å². The molecule has 2 aromatic rings. The molecule has 1 aliphatic carbocycles. The van der Waals surface area contributed by atoms with Gasteiger partial charge in [-0.25, -0.2) is 4.99 Å². The quantitative estimate of drug-likeness (QED) is 0.491. The number of aromatic nitrogens is 2. The van der Waals surface area contributed by atoms with Crippen LogP contribution in [-0.4, -0.2) is 29.4 Å². The van der Waals surface area contributed by atoms with Gasteiger partial charge in [0.2, 0.25) is 0 Å². The predicted molar refractivity (Wildman–Crippen MR) is 109 cm³/mol. The third-order valence-electron chi connectivity index (χ3n) is 4.51. The molecule has 0 bridgehead atoms. The van der Waals surface area contributed by atoms with E-state index in [-0.39, 0.29) is 0 Å². The number of anilines is 2. The van der Waals surface area contributed by atoms with Crippen molar-refractivity contribution in [2.24, 2.45) is 9.98 Å². The first-order valence-electron chi connectivity index (χ1n) is 8.97. The number of nitriles is 1. The Balaban J connectivity index is 1.59. The van der Waals surface area contributed by atoms with Gasteiger partial charge < -0.3 is 10.6 Å². The highest BCUT2D eigenvalue weighted by atomic mass is 15.2. The zero-order valence-electron chi connectivity index (χ0n) is 15.2. The zero-order valence-corrected chi connectivity index (χ0v) is 15.2. The van der Waals surface area contributed by atoms with Crippen LogP contribution in [0.1, 0.15) is 36.4 Å². The second-order valence-corrected chi connectivity index (χ2v) is 6.37. The fraction of sp³-hybridized carbons (Fsp3) is 0.300. The van der Waals surface area contributed by atoms with Crippen molar-refractivity contribution in [3.8, 4) is 6.07 Å². The lowest BCUT2D eigenvalue weighted by molar-refractivity contribution is 0.410. The summed E-state index contributed by atoms with van der Waals surface area (Å²) in [5.74, 6) is 1.98. The van der Waals surface area contributed by atoms with E-state index in [2.05, 4.69) is 43.6 Å². The van der Waals surface area contributed by atoms with Crippen LogP contribution in [0, 0.1) is 11.3 Å². The molecule has 7 heteroatoms. The fourth-order valence-corrected chi connectivity index (χ4v) is 2.77. The van der Waals surface area contributed by atoms with Gasteiger partial charge in [-0.05, 0) is 43.3 Å². The van der Waals surface area contributed by atoms with Gasteiger partial charge in [0.05, 0.1) is 12.5 Å². The second-order valence-electron chi connectivity index (χ2n) is 6.37. The summed E-state index contributed by atoms with van der Waals surface area (Å²) in [4.78, 5) is 8.25. The van der Waals surface area contributed by atoms with Crippen molar-refractivity contribution in [2.75, 3.05) is 17.3 Å². The van der Waals surface area contributed by atoms with Gasteiger partial charge in [-0.2, -0.15) is 10.4 Å². The Bertz CT molecular complexity index is 851. The van der Waals surface area contributed by atoms with E-state index in [9.17, 15) is 0 Å². The molecule has 0 atom stereocenters. The number of benzene rings is 1. The molecule has 3 rings (SSSR count). The summed E-state index contributed by atoms with van der Waals surface area (Å²) < 4.78 is 0. The summed E-state index contributed by atoms with van der Waals surface area (Å²) in [6, 6.07) is 11.9. The van der Waals surface area contributed by atoms with E-state index in [0.29, 0.717) is 24.8 Å². The van der Waals surface area contributed by atoms with Crippen molar-refractivity contribution < 1.29 is 0 Å². The van der Waals surface area contributed by atoms with Gasteiger partial charge in [-0.15, -0.1) is 0 Å². The molecule has 0 unspecified atom stereocenters. The van der Waals surface area contributed by atoms with E-state index in [1.165, 1.54) is 25.0 Å². The maximum Gasteiger partial charge on any atom is 0.153 e. The van der Waals surface area contributed by atoms with Crippen molar-refractivity contribution in [2.45, 2.75) is 31.6 Å². The number of rotatable bonds is 8. The van der Waals surface area contributed by atoms with Crippen molar-refractivity contribution in [1.29, 1.82) is 5.26 Å². The molecule has 0 saturated heterocycles. The van der Waals surface area contributed by atoms with Gasteiger partial charge in [-0.3, -0.25) is 10.1 Å². The molecule has 1 aromatic heterocycles. The minimum Gasteiger partial charge on any atom is -0.366 e. The molecule has 3 N–H and O–H groups in total. The van der Waals surface area contributed by atoms with Gasteiger partial charge in [0.25, 0.3) is 0 Å². The van der Waals surface area contributed by atoms with Gasteiger partial charge in [0.1, 0.15) is 12.5 Å². The first-order valence-corrected chi connectivity index (χ1v) is 8.97. The minimum atomic E-state index is 0.390. The maximum absolute atomic E-state index is 8.72. The SMILES string of the molecule is C=N/C=C\C(=N/CNc1ccc(CC#N)cc1)Nc1cc(C2CCC2)[nH]n1. The van der Waals surface area contributed by atoms with E-state index in [4.69, 9.17) is 5.26 Å². The highest BCUT2D eigenvalue weighted by Crippen LogP contribution is 2.35. The lowest BCUT2D eigenvalue weighted by Crippen LogP contribution is -2.12. The Morgan fingerprint density at radius 1 is 1.37 bits per heavy atom. The summed E-state index contributed by atoms with van der Waals surface area (Å²) in [5, 5.41) is 22.6. The number of aromatic amines is 1. The normalized spacial score (nSPS) is 14.6. The summed E-state index contributed by atoms with van der Waals surface area (Å²) in [6.07, 6.45) is 7.48. The molecular weight excluding hydrogens is 338 g/mol. The second kappa shape index (κ2) is 9.34. The number of nitrogens with zero attached hydrogens (tertiary/aromatic N) is 4. The lowest BCUT2D eigenvalue weighted by Gasteiger charge is -2.23. The van der Waals surface area contributed by atoms with E-state index < -0.39 is 0 Å². The highest BCUT2D eigenvalue weighted by Gasteiger charge is 2.21. The first kappa shape index (κ1) is 18.4. The smallest absolute Gasteiger partial charge is 0.153 e. The number of aliphatic imine (C=N–C) groups is 2. The average Bonchev–Trinajstić information content (AvgIpc) is 3.07. The highest BCUT2D eigenvalue weighted by molar-refractivity contribution is 6.03. The standard InChI is InChI=1S/C20H23N7/c1-22-12-10-19(25-20-13-18(26-27-20)16-3-2-4-16)24-14-23-17-7-5-15(6-8-17)9-11-21/h5-8,10,12-13,16,23H,1-4,9,14H2,(H2,24,25,26,27)/b12-10-. The van der Waals surface area contributed by atoms with Crippen molar-refractivity contribution in [3.05, 3.63) is 53.9 Å². The molecule has 0 aliphatic heterocycles. The molecular formula is C20H23N7. The van der Waals surface area contributed by atoms with Gasteiger partial charge in [-0.1, -0.05) is 18.6 Å². The molecule has 0 radical (unpaired) electrons. The Labute approximate surface area is 158 Å². The first-order chi connectivity index (χ1) is 13.3. The van der Waals surface area contributed by atoms with Crippen LogP contribution in [0.25, 0.3) is 0 Å². The van der Waals surface area contributed by atoms with Gasteiger partial charge in [0, 0.05) is 29.6 Å². The molecule has 1 aliphatic rings. The zero-order chi connectivity index (χ0) is 18.9. The topological polar surface area (TPSA) is 101 Å². The summed E-state index contributed by atoms with van der Waals surface area (Å²) >= 11 is 0. The number of hydrogen-bond donors (Lipinski definition) is 3. The van der Waals surface area contributed by atoms with Crippen LogP contribution in [0.5, 0.6) is 0 Å². The lowest BCUT2D eigenvalue weighted by atomic mass is 9.83. The van der Waals surface area contributed by atoms with E-state index in [1.54, 1.807) is 12.3 Å². The van der Waals surface area contributed by atoms with Crippen LogP contribution in [0.4, 0.5) is 11.5 Å². The van der Waals surface area contributed by atoms with Crippen LogP contribution < -0.4 is 10.6 Å². The third kappa shape index (κ3) is 5.28. The molecule has 1 saturated carbocycles. The van der Waals surface area contributed by atoms with Crippen LogP contribution in [0.15, 0.2) is 52.6 Å². The minimum absolute atomic E-state index is 0.390. The van der Waals surface area contributed by atoms with Crippen molar-refractivity contribution in [3.63, 3.8) is 0 Å².